The first-order chi connectivity index (χ1) is 6.15. The van der Waals surface area contributed by atoms with Crippen molar-refractivity contribution in [3.05, 3.63) is 11.4 Å². The van der Waals surface area contributed by atoms with Crippen LogP contribution in [0.5, 0.6) is 0 Å². The van der Waals surface area contributed by atoms with E-state index in [-0.39, 0.29) is 0 Å². The zero-order valence-electron chi connectivity index (χ0n) is 7.37. The lowest BCUT2D eigenvalue weighted by Gasteiger charge is -2.01. The summed E-state index contributed by atoms with van der Waals surface area (Å²) in [7, 11) is 0. The van der Waals surface area contributed by atoms with E-state index >= 15 is 0 Å². The SMILES string of the molecule is Cc1c(CCN)nnn1CC(F)F. The summed E-state index contributed by atoms with van der Waals surface area (Å²) in [6.45, 7) is 1.77. The van der Waals surface area contributed by atoms with Gasteiger partial charge in [-0.2, -0.15) is 0 Å². The minimum atomic E-state index is -2.40. The van der Waals surface area contributed by atoms with Gasteiger partial charge in [-0.1, -0.05) is 5.21 Å². The number of alkyl halides is 2. The quantitative estimate of drug-likeness (QED) is 0.745. The molecule has 0 aliphatic carbocycles. The Bertz CT molecular complexity index is 271. The van der Waals surface area contributed by atoms with Crippen LogP contribution in [0.15, 0.2) is 0 Å². The van der Waals surface area contributed by atoms with Gasteiger partial charge >= 0.3 is 0 Å². The van der Waals surface area contributed by atoms with Gasteiger partial charge in [-0.25, -0.2) is 13.5 Å². The Kier molecular flexibility index (Phi) is 3.30. The number of nitrogens with two attached hydrogens (primary N) is 1. The van der Waals surface area contributed by atoms with Crippen molar-refractivity contribution in [3.63, 3.8) is 0 Å². The van der Waals surface area contributed by atoms with Gasteiger partial charge < -0.3 is 5.73 Å². The third kappa shape index (κ3) is 2.45. The number of aromatic nitrogens is 3. The molecule has 1 aromatic rings. The Morgan fingerprint density at radius 3 is 2.77 bits per heavy atom. The summed E-state index contributed by atoms with van der Waals surface area (Å²) in [5.41, 5.74) is 6.68. The Morgan fingerprint density at radius 1 is 1.54 bits per heavy atom. The van der Waals surface area contributed by atoms with Crippen LogP contribution in [-0.4, -0.2) is 28.0 Å². The number of hydrogen-bond acceptors (Lipinski definition) is 3. The second-order valence-corrected chi connectivity index (χ2v) is 2.73. The van der Waals surface area contributed by atoms with Crippen LogP contribution in [-0.2, 0) is 13.0 Å². The molecule has 0 saturated heterocycles. The van der Waals surface area contributed by atoms with E-state index in [1.807, 2.05) is 0 Å². The van der Waals surface area contributed by atoms with E-state index in [0.29, 0.717) is 24.4 Å². The van der Waals surface area contributed by atoms with E-state index in [1.165, 1.54) is 4.68 Å². The van der Waals surface area contributed by atoms with Crippen molar-refractivity contribution in [3.8, 4) is 0 Å². The maximum absolute atomic E-state index is 12.0. The molecule has 2 N–H and O–H groups in total. The van der Waals surface area contributed by atoms with E-state index in [4.69, 9.17) is 5.73 Å². The van der Waals surface area contributed by atoms with Gasteiger partial charge in [0.2, 0.25) is 0 Å². The first kappa shape index (κ1) is 10.0. The minimum absolute atomic E-state index is 0.399. The molecule has 0 saturated carbocycles. The molecule has 6 heteroatoms. The van der Waals surface area contributed by atoms with Gasteiger partial charge in [-0.15, -0.1) is 5.10 Å². The number of nitrogens with zero attached hydrogens (tertiary/aromatic N) is 3. The second-order valence-electron chi connectivity index (χ2n) is 2.73. The maximum atomic E-state index is 12.0. The van der Waals surface area contributed by atoms with E-state index in [1.54, 1.807) is 6.92 Å². The lowest BCUT2D eigenvalue weighted by Crippen LogP contribution is -2.10. The highest BCUT2D eigenvalue weighted by Crippen LogP contribution is 2.06. The number of halogens is 2. The number of hydrogen-bond donors (Lipinski definition) is 1. The summed E-state index contributed by atoms with van der Waals surface area (Å²) >= 11 is 0. The lowest BCUT2D eigenvalue weighted by molar-refractivity contribution is 0.120. The normalized spacial score (nSPS) is 11.2. The number of rotatable bonds is 4. The highest BCUT2D eigenvalue weighted by atomic mass is 19.3. The molecule has 1 rings (SSSR count). The zero-order chi connectivity index (χ0) is 9.84. The molecule has 0 bridgehead atoms. The van der Waals surface area contributed by atoms with Crippen LogP contribution in [0.1, 0.15) is 11.4 Å². The predicted molar refractivity (Wildman–Crippen MR) is 43.5 cm³/mol. The minimum Gasteiger partial charge on any atom is -0.330 e. The van der Waals surface area contributed by atoms with Crippen molar-refractivity contribution in [2.45, 2.75) is 26.3 Å². The maximum Gasteiger partial charge on any atom is 0.257 e. The Labute approximate surface area is 74.7 Å². The first-order valence-corrected chi connectivity index (χ1v) is 4.02. The van der Waals surface area contributed by atoms with E-state index in [2.05, 4.69) is 10.3 Å². The summed E-state index contributed by atoms with van der Waals surface area (Å²) < 4.78 is 25.2. The molecule has 0 aliphatic rings. The van der Waals surface area contributed by atoms with Gasteiger partial charge in [0.15, 0.2) is 0 Å². The van der Waals surface area contributed by atoms with Crippen LogP contribution in [0.2, 0.25) is 0 Å². The monoisotopic (exact) mass is 190 g/mol. The highest BCUT2D eigenvalue weighted by molar-refractivity contribution is 5.08. The molecule has 0 atom stereocenters. The topological polar surface area (TPSA) is 56.7 Å². The van der Waals surface area contributed by atoms with Crippen molar-refractivity contribution < 1.29 is 8.78 Å². The molecule has 0 amide bonds. The molecule has 0 radical (unpaired) electrons. The van der Waals surface area contributed by atoms with Gasteiger partial charge in [0, 0.05) is 6.42 Å². The largest absolute Gasteiger partial charge is 0.330 e. The van der Waals surface area contributed by atoms with E-state index < -0.39 is 13.0 Å². The third-order valence-corrected chi connectivity index (χ3v) is 1.77. The summed E-state index contributed by atoms with van der Waals surface area (Å²) in [5.74, 6) is 0. The van der Waals surface area contributed by atoms with Crippen molar-refractivity contribution in [1.29, 1.82) is 0 Å². The molecule has 74 valence electrons. The zero-order valence-corrected chi connectivity index (χ0v) is 7.37. The molecule has 0 aromatic carbocycles. The van der Waals surface area contributed by atoms with Crippen molar-refractivity contribution >= 4 is 0 Å². The third-order valence-electron chi connectivity index (χ3n) is 1.77. The van der Waals surface area contributed by atoms with Crippen molar-refractivity contribution in [2.75, 3.05) is 6.54 Å². The van der Waals surface area contributed by atoms with Gasteiger partial charge in [-0.05, 0) is 13.5 Å². The second kappa shape index (κ2) is 4.27. The van der Waals surface area contributed by atoms with Crippen molar-refractivity contribution in [2.24, 2.45) is 5.73 Å². The predicted octanol–water partition coefficient (Wildman–Crippen LogP) is 0.353. The summed E-state index contributed by atoms with van der Waals surface area (Å²) in [5, 5.41) is 7.36. The Morgan fingerprint density at radius 2 is 2.23 bits per heavy atom. The van der Waals surface area contributed by atoms with Crippen LogP contribution in [0.25, 0.3) is 0 Å². The van der Waals surface area contributed by atoms with E-state index in [9.17, 15) is 8.78 Å². The summed E-state index contributed by atoms with van der Waals surface area (Å²) in [6, 6.07) is 0. The van der Waals surface area contributed by atoms with Gasteiger partial charge in [0.25, 0.3) is 6.43 Å². The van der Waals surface area contributed by atoms with Crippen LogP contribution < -0.4 is 5.73 Å². The average molecular weight is 190 g/mol. The molecule has 0 spiro atoms. The molecular weight excluding hydrogens is 178 g/mol. The molecule has 0 fully saturated rings. The van der Waals surface area contributed by atoms with Crippen LogP contribution >= 0.6 is 0 Å². The molecule has 13 heavy (non-hydrogen) atoms. The molecule has 0 unspecified atom stereocenters. The fourth-order valence-electron chi connectivity index (χ4n) is 1.07. The highest BCUT2D eigenvalue weighted by Gasteiger charge is 2.11. The van der Waals surface area contributed by atoms with Crippen LogP contribution in [0.4, 0.5) is 8.78 Å². The molecule has 0 aliphatic heterocycles. The molecule has 4 nitrogen and oxygen atoms in total. The van der Waals surface area contributed by atoms with Gasteiger partial charge in [-0.3, -0.25) is 0 Å². The van der Waals surface area contributed by atoms with Crippen LogP contribution in [0, 0.1) is 6.92 Å². The van der Waals surface area contributed by atoms with Gasteiger partial charge in [0.05, 0.1) is 11.4 Å². The molecular formula is C7H12F2N4. The fraction of sp³-hybridized carbons (Fsp3) is 0.714. The lowest BCUT2D eigenvalue weighted by atomic mass is 10.2. The van der Waals surface area contributed by atoms with Crippen LogP contribution in [0.3, 0.4) is 0 Å². The fourth-order valence-corrected chi connectivity index (χ4v) is 1.07. The van der Waals surface area contributed by atoms with Gasteiger partial charge in [0.1, 0.15) is 6.54 Å². The Hall–Kier alpha value is -1.04. The smallest absolute Gasteiger partial charge is 0.257 e. The van der Waals surface area contributed by atoms with Crippen molar-refractivity contribution in [1.82, 2.24) is 15.0 Å². The summed E-state index contributed by atoms with van der Waals surface area (Å²) in [6.07, 6.45) is -1.82. The standard InChI is InChI=1S/C7H12F2N4/c1-5-6(2-3-10)11-12-13(5)4-7(8)9/h7H,2-4,10H2,1H3. The Balaban J connectivity index is 2.74. The summed E-state index contributed by atoms with van der Waals surface area (Å²) in [4.78, 5) is 0. The molecule has 1 aromatic heterocycles. The first-order valence-electron chi connectivity index (χ1n) is 4.02. The molecule has 1 heterocycles. The average Bonchev–Trinajstić information content (AvgIpc) is 2.36. The van der Waals surface area contributed by atoms with E-state index in [0.717, 1.165) is 0 Å².